The van der Waals surface area contributed by atoms with Crippen LogP contribution in [0.15, 0.2) is 6.33 Å². The van der Waals surface area contributed by atoms with E-state index in [9.17, 15) is 14.4 Å². The second-order valence-electron chi connectivity index (χ2n) is 3.27. The molecule has 0 atom stereocenters. The summed E-state index contributed by atoms with van der Waals surface area (Å²) in [4.78, 5) is 40.7. The molecular formula is C9H12N4O4. The molecule has 1 rings (SSSR count). The highest BCUT2D eigenvalue weighted by atomic mass is 16.4. The summed E-state index contributed by atoms with van der Waals surface area (Å²) < 4.78 is 0. The lowest BCUT2D eigenvalue weighted by atomic mass is 10.3. The monoisotopic (exact) mass is 240 g/mol. The van der Waals surface area contributed by atoms with Crippen LogP contribution in [0.3, 0.4) is 0 Å². The minimum atomic E-state index is -1.28. The molecule has 92 valence electrons. The average molecular weight is 240 g/mol. The number of carbonyl (C=O) groups excluding carboxylic acids is 2. The quantitative estimate of drug-likeness (QED) is 0.619. The smallest absolute Gasteiger partial charge is 0.354 e. The van der Waals surface area contributed by atoms with Gasteiger partial charge in [0, 0.05) is 14.1 Å². The fraction of sp³-hybridized carbons (Fsp3) is 0.333. The van der Waals surface area contributed by atoms with E-state index < -0.39 is 11.9 Å². The molecule has 8 nitrogen and oxygen atoms in total. The Bertz CT molecular complexity index is 454. The molecule has 0 aliphatic rings. The fourth-order valence-electron chi connectivity index (χ4n) is 1.17. The van der Waals surface area contributed by atoms with Crippen molar-refractivity contribution in [2.24, 2.45) is 0 Å². The highest BCUT2D eigenvalue weighted by Crippen LogP contribution is 2.05. The minimum Gasteiger partial charge on any atom is -0.477 e. The number of likely N-dealkylation sites (N-methyl/N-ethyl adjacent to an activating group) is 2. The number of aromatic amines is 1. The van der Waals surface area contributed by atoms with Gasteiger partial charge >= 0.3 is 5.97 Å². The van der Waals surface area contributed by atoms with Gasteiger partial charge in [-0.25, -0.2) is 9.78 Å². The van der Waals surface area contributed by atoms with E-state index in [1.807, 2.05) is 0 Å². The van der Waals surface area contributed by atoms with Gasteiger partial charge in [0.25, 0.3) is 5.91 Å². The molecule has 3 N–H and O–H groups in total. The molecule has 0 saturated carbocycles. The Hall–Kier alpha value is -2.38. The van der Waals surface area contributed by atoms with Crippen LogP contribution in [0.4, 0.5) is 0 Å². The molecule has 0 aromatic carbocycles. The molecule has 2 amide bonds. The highest BCUT2D eigenvalue weighted by molar-refractivity contribution is 6.03. The van der Waals surface area contributed by atoms with Gasteiger partial charge in [-0.05, 0) is 0 Å². The zero-order chi connectivity index (χ0) is 13.0. The maximum atomic E-state index is 11.8. The van der Waals surface area contributed by atoms with Crippen LogP contribution in [-0.2, 0) is 4.79 Å². The van der Waals surface area contributed by atoms with Crippen LogP contribution in [0.5, 0.6) is 0 Å². The van der Waals surface area contributed by atoms with E-state index in [-0.39, 0.29) is 23.8 Å². The van der Waals surface area contributed by atoms with Crippen LogP contribution in [0.25, 0.3) is 0 Å². The third-order valence-corrected chi connectivity index (χ3v) is 2.06. The van der Waals surface area contributed by atoms with Crippen LogP contribution in [-0.4, -0.2) is 58.4 Å². The maximum absolute atomic E-state index is 11.8. The van der Waals surface area contributed by atoms with Crippen molar-refractivity contribution in [1.29, 1.82) is 0 Å². The number of aromatic nitrogens is 2. The van der Waals surface area contributed by atoms with Gasteiger partial charge in [-0.15, -0.1) is 0 Å². The van der Waals surface area contributed by atoms with Gasteiger partial charge in [0.05, 0.1) is 12.9 Å². The van der Waals surface area contributed by atoms with Crippen LogP contribution in [0.2, 0.25) is 0 Å². The Kier molecular flexibility index (Phi) is 3.81. The lowest BCUT2D eigenvalue weighted by molar-refractivity contribution is -0.121. The van der Waals surface area contributed by atoms with Crippen molar-refractivity contribution < 1.29 is 19.5 Å². The van der Waals surface area contributed by atoms with Gasteiger partial charge in [-0.1, -0.05) is 0 Å². The maximum Gasteiger partial charge on any atom is 0.354 e. The van der Waals surface area contributed by atoms with E-state index in [0.29, 0.717) is 0 Å². The Morgan fingerprint density at radius 2 is 2.18 bits per heavy atom. The summed E-state index contributed by atoms with van der Waals surface area (Å²) in [5, 5.41) is 11.1. The molecule has 8 heteroatoms. The molecule has 1 aromatic rings. The molecule has 0 aliphatic heterocycles. The van der Waals surface area contributed by atoms with Crippen molar-refractivity contribution in [3.8, 4) is 0 Å². The van der Waals surface area contributed by atoms with E-state index in [2.05, 4.69) is 15.3 Å². The first-order valence-electron chi connectivity index (χ1n) is 4.70. The number of aromatic carboxylic acids is 1. The molecule has 0 unspecified atom stereocenters. The largest absolute Gasteiger partial charge is 0.477 e. The van der Waals surface area contributed by atoms with Crippen molar-refractivity contribution in [1.82, 2.24) is 20.2 Å². The number of hydrogen-bond acceptors (Lipinski definition) is 4. The third kappa shape index (κ3) is 2.80. The molecule has 0 bridgehead atoms. The summed E-state index contributed by atoms with van der Waals surface area (Å²) in [7, 11) is 2.83. The topological polar surface area (TPSA) is 115 Å². The Morgan fingerprint density at radius 3 is 2.71 bits per heavy atom. The number of imidazole rings is 1. The van der Waals surface area contributed by atoms with Crippen LogP contribution < -0.4 is 5.32 Å². The van der Waals surface area contributed by atoms with E-state index in [1.54, 1.807) is 0 Å². The second kappa shape index (κ2) is 5.10. The van der Waals surface area contributed by atoms with Crippen molar-refractivity contribution in [2.45, 2.75) is 0 Å². The SMILES string of the molecule is CNC(=O)CN(C)C(=O)c1nc[nH]c1C(=O)O. The number of rotatable bonds is 4. The number of carboxylic acid groups (broad SMARTS) is 1. The van der Waals surface area contributed by atoms with Crippen molar-refractivity contribution in [3.63, 3.8) is 0 Å². The molecule has 0 radical (unpaired) electrons. The van der Waals surface area contributed by atoms with Gasteiger partial charge in [0.2, 0.25) is 5.91 Å². The van der Waals surface area contributed by atoms with Gasteiger partial charge in [-0.2, -0.15) is 0 Å². The van der Waals surface area contributed by atoms with E-state index in [0.717, 1.165) is 11.2 Å². The summed E-state index contributed by atoms with van der Waals surface area (Å²) in [5.74, 6) is -2.26. The van der Waals surface area contributed by atoms with E-state index in [1.165, 1.54) is 14.1 Å². The summed E-state index contributed by atoms with van der Waals surface area (Å²) >= 11 is 0. The molecule has 17 heavy (non-hydrogen) atoms. The summed E-state index contributed by atoms with van der Waals surface area (Å²) in [6.45, 7) is -0.165. The molecular weight excluding hydrogens is 228 g/mol. The standard InChI is InChI=1S/C9H12N4O4/c1-10-5(14)3-13(2)8(15)6-7(9(16)17)12-4-11-6/h4H,3H2,1-2H3,(H,10,14)(H,11,12)(H,16,17). The number of carbonyl (C=O) groups is 3. The number of amides is 2. The van der Waals surface area contributed by atoms with E-state index >= 15 is 0 Å². The number of carboxylic acids is 1. The van der Waals surface area contributed by atoms with E-state index in [4.69, 9.17) is 5.11 Å². The molecule has 1 aromatic heterocycles. The summed E-state index contributed by atoms with van der Waals surface area (Å²) in [6.07, 6.45) is 1.12. The van der Waals surface area contributed by atoms with Crippen LogP contribution in [0.1, 0.15) is 21.0 Å². The van der Waals surface area contributed by atoms with Gasteiger partial charge < -0.3 is 20.3 Å². The molecule has 0 spiro atoms. The molecule has 0 saturated heterocycles. The fourth-order valence-corrected chi connectivity index (χ4v) is 1.17. The van der Waals surface area contributed by atoms with Gasteiger partial charge in [-0.3, -0.25) is 9.59 Å². The lowest BCUT2D eigenvalue weighted by Gasteiger charge is -2.14. The van der Waals surface area contributed by atoms with Crippen molar-refractivity contribution in [3.05, 3.63) is 17.7 Å². The number of nitrogens with one attached hydrogen (secondary N) is 2. The average Bonchev–Trinajstić information content (AvgIpc) is 2.76. The highest BCUT2D eigenvalue weighted by Gasteiger charge is 2.23. The predicted molar refractivity (Wildman–Crippen MR) is 56.6 cm³/mol. The lowest BCUT2D eigenvalue weighted by Crippen LogP contribution is -2.37. The van der Waals surface area contributed by atoms with Crippen LogP contribution in [0, 0.1) is 0 Å². The Labute approximate surface area is 96.6 Å². The third-order valence-electron chi connectivity index (χ3n) is 2.06. The Balaban J connectivity index is 2.85. The summed E-state index contributed by atoms with van der Waals surface area (Å²) in [5.41, 5.74) is -0.511. The first kappa shape index (κ1) is 12.7. The van der Waals surface area contributed by atoms with Gasteiger partial charge in [0.1, 0.15) is 0 Å². The van der Waals surface area contributed by atoms with Gasteiger partial charge in [0.15, 0.2) is 11.4 Å². The summed E-state index contributed by atoms with van der Waals surface area (Å²) in [6, 6.07) is 0. The predicted octanol–water partition coefficient (Wildman–Crippen LogP) is -1.07. The molecule has 1 heterocycles. The normalized spacial score (nSPS) is 9.76. The number of nitrogens with zero attached hydrogens (tertiary/aromatic N) is 2. The van der Waals surface area contributed by atoms with Crippen LogP contribution >= 0.6 is 0 Å². The first-order valence-corrected chi connectivity index (χ1v) is 4.70. The van der Waals surface area contributed by atoms with Crippen molar-refractivity contribution in [2.75, 3.05) is 20.6 Å². The van der Waals surface area contributed by atoms with Crippen molar-refractivity contribution >= 4 is 17.8 Å². The zero-order valence-corrected chi connectivity index (χ0v) is 9.35. The molecule has 0 aliphatic carbocycles. The number of H-pyrrole nitrogens is 1. The first-order chi connectivity index (χ1) is 7.97. The second-order valence-corrected chi connectivity index (χ2v) is 3.27. The minimum absolute atomic E-state index is 0.165. The number of hydrogen-bond donors (Lipinski definition) is 3. The Morgan fingerprint density at radius 1 is 1.53 bits per heavy atom. The zero-order valence-electron chi connectivity index (χ0n) is 9.35. The molecule has 0 fully saturated rings.